The monoisotopic (exact) mass is 262 g/mol. The third-order valence-electron chi connectivity index (χ3n) is 4.33. The molecule has 19 heavy (non-hydrogen) atoms. The first-order valence-electron chi connectivity index (χ1n) is 6.71. The van der Waals surface area contributed by atoms with Crippen LogP contribution in [0.1, 0.15) is 31.2 Å². The predicted octanol–water partition coefficient (Wildman–Crippen LogP) is 0.677. The Morgan fingerprint density at radius 3 is 2.32 bits per heavy atom. The number of anilines is 1. The second kappa shape index (κ2) is 4.36. The molecule has 1 aromatic heterocycles. The molecule has 2 amide bonds. The molecule has 1 aliphatic carbocycles. The van der Waals surface area contributed by atoms with Crippen LogP contribution in [0.25, 0.3) is 0 Å². The number of aryl methyl sites for hydroxylation is 1. The molecule has 2 aliphatic rings. The first-order chi connectivity index (χ1) is 9.09. The number of rotatable bonds is 2. The van der Waals surface area contributed by atoms with Gasteiger partial charge < -0.3 is 5.73 Å². The number of amides is 2. The minimum atomic E-state index is -0.0980. The maximum atomic E-state index is 12.3. The van der Waals surface area contributed by atoms with Crippen LogP contribution < -0.4 is 5.73 Å². The Kier molecular flexibility index (Phi) is 2.80. The molecule has 1 saturated heterocycles. The molecule has 0 bridgehead atoms. The Labute approximate surface area is 111 Å². The number of fused-ring (bicyclic) bond motifs is 1. The van der Waals surface area contributed by atoms with Gasteiger partial charge >= 0.3 is 0 Å². The SMILES string of the molecule is Cn1ncc(CN2C(=O)C3CCCCC3C2=O)c1N. The van der Waals surface area contributed by atoms with E-state index in [4.69, 9.17) is 5.73 Å². The van der Waals surface area contributed by atoms with Crippen LogP contribution in [0.3, 0.4) is 0 Å². The summed E-state index contributed by atoms with van der Waals surface area (Å²) in [5.74, 6) is 0.254. The highest BCUT2D eigenvalue weighted by Crippen LogP contribution is 2.38. The van der Waals surface area contributed by atoms with Crippen molar-refractivity contribution in [2.45, 2.75) is 32.2 Å². The molecule has 2 N–H and O–H groups in total. The molecule has 1 aromatic rings. The molecule has 1 aliphatic heterocycles. The Morgan fingerprint density at radius 2 is 1.84 bits per heavy atom. The van der Waals surface area contributed by atoms with E-state index in [1.54, 1.807) is 17.9 Å². The number of imide groups is 1. The van der Waals surface area contributed by atoms with Gasteiger partial charge in [0.25, 0.3) is 0 Å². The summed E-state index contributed by atoms with van der Waals surface area (Å²) in [6.45, 7) is 0.254. The van der Waals surface area contributed by atoms with Crippen LogP contribution in [-0.2, 0) is 23.2 Å². The van der Waals surface area contributed by atoms with Gasteiger partial charge in [0.1, 0.15) is 5.82 Å². The second-order valence-electron chi connectivity index (χ2n) is 5.44. The van der Waals surface area contributed by atoms with E-state index in [1.165, 1.54) is 4.90 Å². The van der Waals surface area contributed by atoms with Gasteiger partial charge in [0.15, 0.2) is 0 Å². The first-order valence-corrected chi connectivity index (χ1v) is 6.71. The number of likely N-dealkylation sites (tertiary alicyclic amines) is 1. The molecule has 3 rings (SSSR count). The zero-order valence-electron chi connectivity index (χ0n) is 11.0. The number of carbonyl (C=O) groups is 2. The lowest BCUT2D eigenvalue weighted by Crippen LogP contribution is -2.30. The van der Waals surface area contributed by atoms with Gasteiger partial charge in [0.2, 0.25) is 11.8 Å². The number of nitrogen functional groups attached to an aromatic ring is 1. The molecular weight excluding hydrogens is 244 g/mol. The van der Waals surface area contributed by atoms with Gasteiger partial charge in [-0.3, -0.25) is 19.2 Å². The number of nitrogens with zero attached hydrogens (tertiary/aromatic N) is 3. The number of hydrogen-bond donors (Lipinski definition) is 1. The Hall–Kier alpha value is -1.85. The largest absolute Gasteiger partial charge is 0.384 e. The number of aromatic nitrogens is 2. The number of nitrogens with two attached hydrogens (primary N) is 1. The molecule has 0 radical (unpaired) electrons. The Bertz CT molecular complexity index is 513. The number of hydrogen-bond acceptors (Lipinski definition) is 4. The lowest BCUT2D eigenvalue weighted by Gasteiger charge is -2.19. The summed E-state index contributed by atoms with van der Waals surface area (Å²) in [5, 5.41) is 4.04. The van der Waals surface area contributed by atoms with Gasteiger partial charge in [-0.05, 0) is 12.8 Å². The lowest BCUT2D eigenvalue weighted by molar-refractivity contribution is -0.140. The molecule has 2 atom stereocenters. The Balaban J connectivity index is 1.83. The van der Waals surface area contributed by atoms with E-state index in [-0.39, 0.29) is 30.2 Å². The highest BCUT2D eigenvalue weighted by molar-refractivity contribution is 6.05. The van der Waals surface area contributed by atoms with E-state index < -0.39 is 0 Å². The molecule has 102 valence electrons. The molecular formula is C13H18N4O2. The van der Waals surface area contributed by atoms with Crippen molar-refractivity contribution in [1.29, 1.82) is 0 Å². The number of carbonyl (C=O) groups excluding carboxylic acids is 2. The summed E-state index contributed by atoms with van der Waals surface area (Å²) >= 11 is 0. The van der Waals surface area contributed by atoms with Crippen LogP contribution in [-0.4, -0.2) is 26.5 Å². The second-order valence-corrected chi connectivity index (χ2v) is 5.44. The van der Waals surface area contributed by atoms with Gasteiger partial charge in [0, 0.05) is 12.6 Å². The third kappa shape index (κ3) is 1.82. The average Bonchev–Trinajstić information content (AvgIpc) is 2.86. The molecule has 2 fully saturated rings. The highest BCUT2D eigenvalue weighted by Gasteiger charge is 2.48. The smallest absolute Gasteiger partial charge is 0.233 e. The summed E-state index contributed by atoms with van der Waals surface area (Å²) in [5.41, 5.74) is 6.61. The normalized spacial score (nSPS) is 26.9. The lowest BCUT2D eigenvalue weighted by atomic mass is 9.81. The van der Waals surface area contributed by atoms with E-state index in [9.17, 15) is 9.59 Å². The van der Waals surface area contributed by atoms with Crippen molar-refractivity contribution in [2.75, 3.05) is 5.73 Å². The standard InChI is InChI=1S/C13H18N4O2/c1-16-11(14)8(6-15-16)7-17-12(18)9-4-2-3-5-10(9)13(17)19/h6,9-10H,2-5,7,14H2,1H3. The molecule has 0 aromatic carbocycles. The van der Waals surface area contributed by atoms with E-state index in [2.05, 4.69) is 5.10 Å². The van der Waals surface area contributed by atoms with Gasteiger partial charge in [0.05, 0.1) is 24.6 Å². The van der Waals surface area contributed by atoms with Gasteiger partial charge in [-0.25, -0.2) is 0 Å². The van der Waals surface area contributed by atoms with Crippen molar-refractivity contribution in [1.82, 2.24) is 14.7 Å². The summed E-state index contributed by atoms with van der Waals surface area (Å²) in [7, 11) is 1.74. The minimum Gasteiger partial charge on any atom is -0.384 e. The fraction of sp³-hybridized carbons (Fsp3) is 0.615. The van der Waals surface area contributed by atoms with Crippen molar-refractivity contribution in [3.8, 4) is 0 Å². The fourth-order valence-electron chi connectivity index (χ4n) is 3.17. The van der Waals surface area contributed by atoms with Crippen molar-refractivity contribution < 1.29 is 9.59 Å². The van der Waals surface area contributed by atoms with E-state index in [0.29, 0.717) is 5.82 Å². The summed E-state index contributed by atoms with van der Waals surface area (Å²) < 4.78 is 1.55. The average molecular weight is 262 g/mol. The van der Waals surface area contributed by atoms with Gasteiger partial charge in [-0.15, -0.1) is 0 Å². The van der Waals surface area contributed by atoms with Crippen LogP contribution in [0.15, 0.2) is 6.20 Å². The van der Waals surface area contributed by atoms with Gasteiger partial charge in [-0.2, -0.15) is 5.10 Å². The topological polar surface area (TPSA) is 81.2 Å². The van der Waals surface area contributed by atoms with Crippen molar-refractivity contribution in [3.05, 3.63) is 11.8 Å². The molecule has 2 unspecified atom stereocenters. The molecule has 1 saturated carbocycles. The highest BCUT2D eigenvalue weighted by atomic mass is 16.2. The first kappa shape index (κ1) is 12.2. The summed E-state index contributed by atoms with van der Waals surface area (Å²) in [4.78, 5) is 26.0. The van der Waals surface area contributed by atoms with Crippen molar-refractivity contribution in [3.63, 3.8) is 0 Å². The van der Waals surface area contributed by atoms with Crippen LogP contribution in [0.4, 0.5) is 5.82 Å². The zero-order chi connectivity index (χ0) is 13.6. The third-order valence-corrected chi connectivity index (χ3v) is 4.33. The summed E-state index contributed by atoms with van der Waals surface area (Å²) in [6, 6.07) is 0. The quantitative estimate of drug-likeness (QED) is 0.795. The van der Waals surface area contributed by atoms with Crippen LogP contribution >= 0.6 is 0 Å². The van der Waals surface area contributed by atoms with Crippen LogP contribution in [0.2, 0.25) is 0 Å². The summed E-state index contributed by atoms with van der Waals surface area (Å²) in [6.07, 6.45) is 5.40. The van der Waals surface area contributed by atoms with E-state index in [0.717, 1.165) is 31.2 Å². The van der Waals surface area contributed by atoms with E-state index in [1.807, 2.05) is 0 Å². The van der Waals surface area contributed by atoms with E-state index >= 15 is 0 Å². The molecule has 6 nitrogen and oxygen atoms in total. The minimum absolute atomic E-state index is 0.0297. The fourth-order valence-corrected chi connectivity index (χ4v) is 3.17. The predicted molar refractivity (Wildman–Crippen MR) is 68.6 cm³/mol. The van der Waals surface area contributed by atoms with Crippen molar-refractivity contribution in [2.24, 2.45) is 18.9 Å². The zero-order valence-corrected chi connectivity index (χ0v) is 11.0. The van der Waals surface area contributed by atoms with Gasteiger partial charge in [-0.1, -0.05) is 12.8 Å². The van der Waals surface area contributed by atoms with Crippen LogP contribution in [0.5, 0.6) is 0 Å². The Morgan fingerprint density at radius 1 is 1.26 bits per heavy atom. The van der Waals surface area contributed by atoms with Crippen LogP contribution in [0, 0.1) is 11.8 Å². The molecule has 6 heteroatoms. The van der Waals surface area contributed by atoms with Crippen molar-refractivity contribution >= 4 is 17.6 Å². The molecule has 0 spiro atoms. The maximum Gasteiger partial charge on any atom is 0.233 e. The molecule has 2 heterocycles. The maximum absolute atomic E-state index is 12.3.